The van der Waals surface area contributed by atoms with Gasteiger partial charge in [-0.1, -0.05) is 13.0 Å². The summed E-state index contributed by atoms with van der Waals surface area (Å²) >= 11 is 0. The lowest BCUT2D eigenvalue weighted by Crippen LogP contribution is -2.16. The first-order valence-corrected chi connectivity index (χ1v) is 7.22. The van der Waals surface area contributed by atoms with Crippen LogP contribution in [-0.4, -0.2) is 11.8 Å². The molecule has 0 spiro atoms. The highest BCUT2D eigenvalue weighted by Gasteiger charge is 2.22. The maximum Gasteiger partial charge on any atom is 0.291 e. The second-order valence-corrected chi connectivity index (χ2v) is 5.24. The van der Waals surface area contributed by atoms with Crippen LogP contribution in [0.2, 0.25) is 0 Å². The fourth-order valence-electron chi connectivity index (χ4n) is 2.37. The molecule has 0 aliphatic heterocycles. The van der Waals surface area contributed by atoms with Crippen LogP contribution in [0, 0.1) is 6.92 Å². The van der Waals surface area contributed by atoms with E-state index in [1.807, 2.05) is 19.9 Å². The van der Waals surface area contributed by atoms with Crippen molar-refractivity contribution in [2.24, 2.45) is 5.73 Å². The molecule has 3 aromatic rings. The van der Waals surface area contributed by atoms with Crippen molar-refractivity contribution in [3.63, 3.8) is 0 Å². The summed E-state index contributed by atoms with van der Waals surface area (Å²) in [6, 6.07) is 8.74. The third kappa shape index (κ3) is 2.70. The molecular weight excluding hydrogens is 296 g/mol. The summed E-state index contributed by atoms with van der Waals surface area (Å²) in [7, 11) is 0. The number of rotatable bonds is 4. The van der Waals surface area contributed by atoms with Gasteiger partial charge in [0, 0.05) is 11.8 Å². The van der Waals surface area contributed by atoms with Crippen molar-refractivity contribution in [1.29, 1.82) is 0 Å². The highest BCUT2D eigenvalue weighted by Crippen LogP contribution is 2.31. The van der Waals surface area contributed by atoms with Crippen molar-refractivity contribution in [3.05, 3.63) is 53.2 Å². The Morgan fingerprint density at radius 2 is 1.96 bits per heavy atom. The first kappa shape index (κ1) is 14.9. The van der Waals surface area contributed by atoms with E-state index in [2.05, 4.69) is 5.32 Å². The van der Waals surface area contributed by atoms with Crippen LogP contribution < -0.4 is 11.1 Å². The zero-order chi connectivity index (χ0) is 16.6. The quantitative estimate of drug-likeness (QED) is 0.772. The largest absolute Gasteiger partial charge is 0.456 e. The fraction of sp³-hybridized carbons (Fsp3) is 0.176. The van der Waals surface area contributed by atoms with Gasteiger partial charge in [0.1, 0.15) is 17.0 Å². The zero-order valence-corrected chi connectivity index (χ0v) is 12.8. The zero-order valence-electron chi connectivity index (χ0n) is 12.8. The number of amides is 2. The molecule has 118 valence electrons. The number of primary amides is 1. The molecule has 0 atom stereocenters. The molecule has 0 aliphatic carbocycles. The predicted molar refractivity (Wildman–Crippen MR) is 85.5 cm³/mol. The van der Waals surface area contributed by atoms with Crippen LogP contribution in [0.3, 0.4) is 0 Å². The van der Waals surface area contributed by atoms with Gasteiger partial charge in [-0.15, -0.1) is 0 Å². The third-order valence-corrected chi connectivity index (χ3v) is 3.54. The number of furan rings is 2. The molecule has 6 nitrogen and oxygen atoms in total. The number of nitrogens with two attached hydrogens (primary N) is 1. The minimum atomic E-state index is -0.747. The molecule has 23 heavy (non-hydrogen) atoms. The van der Waals surface area contributed by atoms with Crippen LogP contribution in [-0.2, 0) is 6.42 Å². The molecule has 2 amide bonds. The number of carbonyl (C=O) groups is 2. The van der Waals surface area contributed by atoms with E-state index in [0.29, 0.717) is 23.2 Å². The van der Waals surface area contributed by atoms with Crippen LogP contribution in [0.25, 0.3) is 11.0 Å². The van der Waals surface area contributed by atoms with Gasteiger partial charge in [-0.3, -0.25) is 9.59 Å². The van der Waals surface area contributed by atoms with E-state index in [0.717, 1.165) is 5.56 Å². The number of hydrogen-bond donors (Lipinski definition) is 2. The van der Waals surface area contributed by atoms with Gasteiger partial charge in [-0.25, -0.2) is 0 Å². The Kier molecular flexibility index (Phi) is 3.65. The fourth-order valence-corrected chi connectivity index (χ4v) is 2.37. The minimum Gasteiger partial charge on any atom is -0.456 e. The molecule has 0 aliphatic rings. The standard InChI is InChI=1S/C17H16N2O4/c1-3-10-5-7-12(22-10)17(21)19-14-11-6-4-9(2)8-13(11)23-15(14)16(18)20/h4-8H,3H2,1-2H3,(H2,18,20)(H,19,21). The molecule has 0 fully saturated rings. The Labute approximate surface area is 132 Å². The highest BCUT2D eigenvalue weighted by atomic mass is 16.4. The number of carbonyl (C=O) groups excluding carboxylic acids is 2. The Balaban J connectivity index is 2.02. The molecule has 0 saturated carbocycles. The number of aryl methyl sites for hydroxylation is 2. The monoisotopic (exact) mass is 312 g/mol. The molecular formula is C17H16N2O4. The van der Waals surface area contributed by atoms with Crippen LogP contribution in [0.1, 0.15) is 39.4 Å². The number of benzene rings is 1. The lowest BCUT2D eigenvalue weighted by atomic mass is 10.1. The molecule has 1 aromatic carbocycles. The molecule has 3 N–H and O–H groups in total. The molecule has 0 saturated heterocycles. The SMILES string of the molecule is CCc1ccc(C(=O)Nc2c(C(N)=O)oc3cc(C)ccc23)o1. The molecule has 0 radical (unpaired) electrons. The van der Waals surface area contributed by atoms with Gasteiger partial charge in [0.15, 0.2) is 5.76 Å². The van der Waals surface area contributed by atoms with Gasteiger partial charge in [0.2, 0.25) is 5.76 Å². The normalized spacial score (nSPS) is 10.9. The topological polar surface area (TPSA) is 98.5 Å². The first-order chi connectivity index (χ1) is 11.0. The Morgan fingerprint density at radius 3 is 2.61 bits per heavy atom. The summed E-state index contributed by atoms with van der Waals surface area (Å²) in [5, 5.41) is 3.27. The molecule has 3 rings (SSSR count). The summed E-state index contributed by atoms with van der Waals surface area (Å²) in [5.74, 6) is -0.420. The van der Waals surface area contributed by atoms with Crippen LogP contribution in [0.4, 0.5) is 5.69 Å². The van der Waals surface area contributed by atoms with Gasteiger partial charge in [-0.05, 0) is 36.8 Å². The maximum atomic E-state index is 12.3. The van der Waals surface area contributed by atoms with Crippen LogP contribution in [0.15, 0.2) is 39.2 Å². The van der Waals surface area contributed by atoms with Gasteiger partial charge in [-0.2, -0.15) is 0 Å². The van der Waals surface area contributed by atoms with E-state index in [4.69, 9.17) is 14.6 Å². The minimum absolute atomic E-state index is 0.0822. The number of nitrogens with one attached hydrogen (secondary N) is 1. The average molecular weight is 312 g/mol. The molecule has 6 heteroatoms. The maximum absolute atomic E-state index is 12.3. The van der Waals surface area contributed by atoms with Crippen molar-refractivity contribution >= 4 is 28.5 Å². The smallest absolute Gasteiger partial charge is 0.291 e. The van der Waals surface area contributed by atoms with Crippen molar-refractivity contribution in [2.75, 3.05) is 5.32 Å². The van der Waals surface area contributed by atoms with Gasteiger partial charge in [0.05, 0.1) is 0 Å². The predicted octanol–water partition coefficient (Wildman–Crippen LogP) is 3.25. The summed E-state index contributed by atoms with van der Waals surface area (Å²) in [4.78, 5) is 23.9. The van der Waals surface area contributed by atoms with Crippen molar-refractivity contribution in [2.45, 2.75) is 20.3 Å². The molecule has 2 heterocycles. The third-order valence-electron chi connectivity index (χ3n) is 3.54. The van der Waals surface area contributed by atoms with E-state index >= 15 is 0 Å². The Morgan fingerprint density at radius 1 is 1.17 bits per heavy atom. The Hall–Kier alpha value is -3.02. The second kappa shape index (κ2) is 5.64. The van der Waals surface area contributed by atoms with Gasteiger partial charge < -0.3 is 19.9 Å². The van der Waals surface area contributed by atoms with E-state index < -0.39 is 11.8 Å². The van der Waals surface area contributed by atoms with Crippen LogP contribution in [0.5, 0.6) is 0 Å². The highest BCUT2D eigenvalue weighted by molar-refractivity contribution is 6.13. The summed E-state index contributed by atoms with van der Waals surface area (Å²) in [6.07, 6.45) is 0.688. The summed E-state index contributed by atoms with van der Waals surface area (Å²) in [5.41, 5.74) is 7.07. The molecule has 0 unspecified atom stereocenters. The molecule has 0 bridgehead atoms. The van der Waals surface area contributed by atoms with Crippen molar-refractivity contribution in [1.82, 2.24) is 0 Å². The van der Waals surface area contributed by atoms with Gasteiger partial charge in [0.25, 0.3) is 11.8 Å². The second-order valence-electron chi connectivity index (χ2n) is 5.24. The summed E-state index contributed by atoms with van der Waals surface area (Å²) < 4.78 is 10.9. The van der Waals surface area contributed by atoms with Crippen molar-refractivity contribution in [3.8, 4) is 0 Å². The van der Waals surface area contributed by atoms with E-state index in [1.165, 1.54) is 0 Å². The lowest BCUT2D eigenvalue weighted by Gasteiger charge is -2.03. The Bertz CT molecular complexity index is 905. The van der Waals surface area contributed by atoms with E-state index in [-0.39, 0.29) is 17.2 Å². The average Bonchev–Trinajstić information content (AvgIpc) is 3.12. The van der Waals surface area contributed by atoms with Gasteiger partial charge >= 0.3 is 0 Å². The number of anilines is 1. The summed E-state index contributed by atoms with van der Waals surface area (Å²) in [6.45, 7) is 3.83. The lowest BCUT2D eigenvalue weighted by molar-refractivity contribution is 0.0977. The first-order valence-electron chi connectivity index (χ1n) is 7.22. The van der Waals surface area contributed by atoms with Crippen LogP contribution >= 0.6 is 0 Å². The van der Waals surface area contributed by atoms with Crippen molar-refractivity contribution < 1.29 is 18.4 Å². The van der Waals surface area contributed by atoms with E-state index in [9.17, 15) is 9.59 Å². The van der Waals surface area contributed by atoms with E-state index in [1.54, 1.807) is 24.3 Å². The number of hydrogen-bond acceptors (Lipinski definition) is 4. The number of fused-ring (bicyclic) bond motifs is 1. The molecule has 2 aromatic heterocycles.